The number of amides is 2. The fourth-order valence-electron chi connectivity index (χ4n) is 1.80. The number of nitrogens with zero attached hydrogens (tertiary/aromatic N) is 2. The van der Waals surface area contributed by atoms with E-state index >= 15 is 0 Å². The van der Waals surface area contributed by atoms with Gasteiger partial charge in [0.2, 0.25) is 0 Å². The summed E-state index contributed by atoms with van der Waals surface area (Å²) in [5, 5.41) is 7.61. The van der Waals surface area contributed by atoms with E-state index in [1.54, 1.807) is 24.3 Å². The molecule has 0 atom stereocenters. The van der Waals surface area contributed by atoms with Crippen molar-refractivity contribution in [3.05, 3.63) is 66.3 Å². The zero-order chi connectivity index (χ0) is 19.2. The molecule has 0 aliphatic rings. The lowest BCUT2D eigenvalue weighted by Crippen LogP contribution is -2.18. The second-order valence-electron chi connectivity index (χ2n) is 4.85. The average Bonchev–Trinajstić information content (AvgIpc) is 3.36. The van der Waals surface area contributed by atoms with E-state index in [9.17, 15) is 9.59 Å². The van der Waals surface area contributed by atoms with Gasteiger partial charge in [-0.05, 0) is 36.4 Å². The van der Waals surface area contributed by atoms with Gasteiger partial charge in [0.15, 0.2) is 11.5 Å². The molecule has 0 fully saturated rings. The molecule has 0 aliphatic heterocycles. The number of carbonyl (C=O) groups excluding carboxylic acids is 2. The molecule has 0 aliphatic carbocycles. The van der Waals surface area contributed by atoms with Crippen LogP contribution in [0.3, 0.4) is 0 Å². The third-order valence-electron chi connectivity index (χ3n) is 2.96. The molecule has 0 saturated carbocycles. The van der Waals surface area contributed by atoms with E-state index in [1.165, 1.54) is 47.2 Å². The number of nitrogens with one attached hydrogen (secondary N) is 2. The minimum absolute atomic E-state index is 0.0597. The van der Waals surface area contributed by atoms with Crippen molar-refractivity contribution in [3.63, 3.8) is 0 Å². The number of furan rings is 1. The van der Waals surface area contributed by atoms with Gasteiger partial charge in [-0.2, -0.15) is 10.2 Å². The van der Waals surface area contributed by atoms with Crippen LogP contribution in [0.4, 0.5) is 0 Å². The second-order valence-corrected chi connectivity index (χ2v) is 8.34. The molecule has 0 spiro atoms. The highest BCUT2D eigenvalue weighted by molar-refractivity contribution is 7.18. The van der Waals surface area contributed by atoms with Crippen molar-refractivity contribution in [2.75, 3.05) is 0 Å². The summed E-state index contributed by atoms with van der Waals surface area (Å²) in [6.07, 6.45) is 2.91. The molecule has 138 valence electrons. The predicted molar refractivity (Wildman–Crippen MR) is 107 cm³/mol. The number of hydrogen-bond donors (Lipinski definition) is 2. The summed E-state index contributed by atoms with van der Waals surface area (Å²) < 4.78 is 6.45. The molecule has 3 heterocycles. The lowest BCUT2D eigenvalue weighted by Gasteiger charge is -1.96. The molecule has 0 radical (unpaired) electrons. The summed E-state index contributed by atoms with van der Waals surface area (Å²) in [4.78, 5) is 25.5. The summed E-state index contributed by atoms with van der Waals surface area (Å²) in [6, 6.07) is 9.71. The molecule has 2 amide bonds. The van der Waals surface area contributed by atoms with Gasteiger partial charge in [-0.15, -0.1) is 22.7 Å². The number of rotatable bonds is 6. The lowest BCUT2D eigenvalue weighted by molar-refractivity contribution is 0.0902. The summed E-state index contributed by atoms with van der Waals surface area (Å²) in [5.41, 5.74) is 4.61. The molecule has 3 rings (SSSR count). The van der Waals surface area contributed by atoms with Crippen molar-refractivity contribution in [2.45, 2.75) is 0 Å². The molecular formula is C16H10Cl2N4O3S2. The Morgan fingerprint density at radius 1 is 0.815 bits per heavy atom. The first-order chi connectivity index (χ1) is 13.0. The van der Waals surface area contributed by atoms with Crippen LogP contribution in [-0.2, 0) is 0 Å². The first-order valence-corrected chi connectivity index (χ1v) is 9.67. The number of carbonyl (C=O) groups is 2. The Morgan fingerprint density at radius 2 is 1.26 bits per heavy atom. The summed E-state index contributed by atoms with van der Waals surface area (Å²) >= 11 is 14.2. The van der Waals surface area contributed by atoms with Crippen LogP contribution >= 0.6 is 45.9 Å². The molecule has 3 aromatic rings. The SMILES string of the molecule is O=C(N/N=C/c1ccc(Cl)s1)c1ccc(C(=O)N/N=C/c2ccc(Cl)s2)o1. The summed E-state index contributed by atoms with van der Waals surface area (Å²) in [6.45, 7) is 0. The van der Waals surface area contributed by atoms with Gasteiger partial charge in [0, 0.05) is 9.75 Å². The first-order valence-electron chi connectivity index (χ1n) is 7.28. The van der Waals surface area contributed by atoms with E-state index in [4.69, 9.17) is 27.6 Å². The van der Waals surface area contributed by atoms with Crippen molar-refractivity contribution in [3.8, 4) is 0 Å². The Balaban J connectivity index is 1.53. The van der Waals surface area contributed by atoms with Crippen molar-refractivity contribution in [1.82, 2.24) is 10.9 Å². The van der Waals surface area contributed by atoms with E-state index in [1.807, 2.05) is 0 Å². The van der Waals surface area contributed by atoms with Crippen LogP contribution in [-0.4, -0.2) is 24.2 Å². The maximum atomic E-state index is 12.0. The van der Waals surface area contributed by atoms with Crippen molar-refractivity contribution in [1.29, 1.82) is 0 Å². The minimum atomic E-state index is -0.593. The van der Waals surface area contributed by atoms with Gasteiger partial charge in [-0.3, -0.25) is 9.59 Å². The third kappa shape index (κ3) is 5.51. The molecule has 0 aromatic carbocycles. The quantitative estimate of drug-likeness (QED) is 0.443. The normalized spacial score (nSPS) is 11.3. The third-order valence-corrected chi connectivity index (χ3v) is 5.29. The van der Waals surface area contributed by atoms with Gasteiger partial charge in [0.1, 0.15) is 0 Å². The Morgan fingerprint density at radius 3 is 1.63 bits per heavy atom. The van der Waals surface area contributed by atoms with Gasteiger partial charge in [0.05, 0.1) is 21.1 Å². The number of thiophene rings is 2. The van der Waals surface area contributed by atoms with Gasteiger partial charge in [-0.1, -0.05) is 23.2 Å². The van der Waals surface area contributed by atoms with Crippen molar-refractivity contribution in [2.24, 2.45) is 10.2 Å². The highest BCUT2D eigenvalue weighted by Crippen LogP contribution is 2.20. The number of hydrogen-bond acceptors (Lipinski definition) is 7. The van der Waals surface area contributed by atoms with Crippen LogP contribution in [0.25, 0.3) is 0 Å². The predicted octanol–water partition coefficient (Wildman–Crippen LogP) is 4.24. The van der Waals surface area contributed by atoms with Gasteiger partial charge < -0.3 is 4.42 Å². The van der Waals surface area contributed by atoms with Crippen molar-refractivity contribution >= 4 is 70.1 Å². The van der Waals surface area contributed by atoms with Crippen LogP contribution < -0.4 is 10.9 Å². The second kappa shape index (κ2) is 8.96. The zero-order valence-corrected chi connectivity index (χ0v) is 16.5. The molecular weight excluding hydrogens is 431 g/mol. The van der Waals surface area contributed by atoms with E-state index in [0.717, 1.165) is 9.75 Å². The molecule has 11 heteroatoms. The number of hydrazone groups is 2. The van der Waals surface area contributed by atoms with E-state index < -0.39 is 11.8 Å². The largest absolute Gasteiger partial charge is 0.446 e. The zero-order valence-electron chi connectivity index (χ0n) is 13.3. The van der Waals surface area contributed by atoms with Crippen LogP contribution in [0.5, 0.6) is 0 Å². The molecule has 2 N–H and O–H groups in total. The van der Waals surface area contributed by atoms with Gasteiger partial charge in [0.25, 0.3) is 0 Å². The Hall–Kier alpha value is -2.46. The summed E-state index contributed by atoms with van der Waals surface area (Å²) in [7, 11) is 0. The highest BCUT2D eigenvalue weighted by Gasteiger charge is 2.15. The van der Waals surface area contributed by atoms with Crippen LogP contribution in [0, 0.1) is 0 Å². The van der Waals surface area contributed by atoms with Gasteiger partial charge >= 0.3 is 11.8 Å². The van der Waals surface area contributed by atoms with Crippen molar-refractivity contribution < 1.29 is 14.0 Å². The standard InChI is InChI=1S/C16H10Cl2N4O3S2/c17-13-5-1-9(26-13)7-19-21-15(23)11-3-4-12(25-11)16(24)22-20-8-10-2-6-14(18)27-10/h1-8H,(H,21,23)(H,22,24)/b19-7+,20-8+. The average molecular weight is 441 g/mol. The molecule has 7 nitrogen and oxygen atoms in total. The fraction of sp³-hybridized carbons (Fsp3) is 0. The Kier molecular flexibility index (Phi) is 6.40. The highest BCUT2D eigenvalue weighted by atomic mass is 35.5. The van der Waals surface area contributed by atoms with Gasteiger partial charge in [-0.25, -0.2) is 10.9 Å². The van der Waals surface area contributed by atoms with E-state index in [2.05, 4.69) is 21.1 Å². The minimum Gasteiger partial charge on any atom is -0.446 e. The molecule has 0 unspecified atom stereocenters. The van der Waals surface area contributed by atoms with E-state index in [-0.39, 0.29) is 11.5 Å². The topological polar surface area (TPSA) is 96.1 Å². The smallest absolute Gasteiger partial charge is 0.307 e. The van der Waals surface area contributed by atoms with Crippen LogP contribution in [0.15, 0.2) is 51.0 Å². The lowest BCUT2D eigenvalue weighted by atomic mass is 10.4. The molecule has 27 heavy (non-hydrogen) atoms. The number of halogens is 2. The van der Waals surface area contributed by atoms with Crippen LogP contribution in [0.2, 0.25) is 8.67 Å². The first kappa shape index (κ1) is 19.3. The maximum Gasteiger partial charge on any atom is 0.307 e. The van der Waals surface area contributed by atoms with E-state index in [0.29, 0.717) is 8.67 Å². The summed E-state index contributed by atoms with van der Waals surface area (Å²) in [5.74, 6) is -1.31. The maximum absolute atomic E-state index is 12.0. The monoisotopic (exact) mass is 440 g/mol. The molecule has 3 aromatic heterocycles. The fourth-order valence-corrected chi connectivity index (χ4v) is 3.66. The molecule has 0 saturated heterocycles. The Bertz CT molecular complexity index is 944. The van der Waals surface area contributed by atoms with Crippen LogP contribution in [0.1, 0.15) is 30.9 Å². The molecule has 0 bridgehead atoms. The Labute approximate surface area is 171 Å².